The van der Waals surface area contributed by atoms with Gasteiger partial charge in [-0.25, -0.2) is 9.97 Å². The lowest BCUT2D eigenvalue weighted by Crippen LogP contribution is -2.33. The Hall–Kier alpha value is -7.04. The minimum Gasteiger partial charge on any atom is -0.485 e. The summed E-state index contributed by atoms with van der Waals surface area (Å²) in [5.74, 6) is 1.64. The number of hydrogen-bond donors (Lipinski definition) is 0. The molecule has 260 valence electrons. The van der Waals surface area contributed by atoms with Crippen molar-refractivity contribution in [1.82, 2.24) is 9.97 Å². The fourth-order valence-corrected chi connectivity index (χ4v) is 8.53. The van der Waals surface area contributed by atoms with Crippen LogP contribution in [0.5, 0.6) is 5.75 Å². The van der Waals surface area contributed by atoms with Gasteiger partial charge in [0.25, 0.3) is 0 Å². The molecule has 11 rings (SSSR count). The van der Waals surface area contributed by atoms with Crippen LogP contribution in [0.15, 0.2) is 186 Å². The molecule has 0 amide bonds. The van der Waals surface area contributed by atoms with Gasteiger partial charge in [0.1, 0.15) is 23.0 Å². The van der Waals surface area contributed by atoms with Crippen molar-refractivity contribution in [3.63, 3.8) is 0 Å². The summed E-state index contributed by atoms with van der Waals surface area (Å²) >= 11 is 0. The van der Waals surface area contributed by atoms with Crippen LogP contribution in [0.1, 0.15) is 18.1 Å². The molecular weight excluding hydrogens is 673 g/mol. The van der Waals surface area contributed by atoms with E-state index in [1.165, 1.54) is 5.56 Å². The molecule has 1 aliphatic carbocycles. The topological polar surface area (TPSA) is 48.2 Å². The van der Waals surface area contributed by atoms with E-state index in [0.29, 0.717) is 5.82 Å². The van der Waals surface area contributed by atoms with Gasteiger partial charge >= 0.3 is 0 Å². The Morgan fingerprint density at radius 3 is 2.20 bits per heavy atom. The molecule has 0 saturated heterocycles. The second-order valence-electron chi connectivity index (χ2n) is 14.7. The monoisotopic (exact) mass is 706 g/mol. The summed E-state index contributed by atoms with van der Waals surface area (Å²) in [6, 6.07) is 57.3. The van der Waals surface area contributed by atoms with Crippen molar-refractivity contribution in [2.24, 2.45) is 0 Å². The smallest absolute Gasteiger partial charge is 0.161 e. The maximum Gasteiger partial charge on any atom is 0.161 e. The van der Waals surface area contributed by atoms with Crippen LogP contribution in [0.25, 0.3) is 83.3 Å². The molecule has 0 N–H and O–H groups in total. The Morgan fingerprint density at radius 1 is 0.527 bits per heavy atom. The van der Waals surface area contributed by atoms with Crippen LogP contribution in [0.2, 0.25) is 0 Å². The molecule has 2 aliphatic rings. The predicted octanol–water partition coefficient (Wildman–Crippen LogP) is 12.9. The van der Waals surface area contributed by atoms with Gasteiger partial charge in [0.05, 0.1) is 16.8 Å². The normalized spacial score (nSPS) is 17.3. The summed E-state index contributed by atoms with van der Waals surface area (Å²) in [6.45, 7) is 2.28. The second kappa shape index (κ2) is 12.3. The number of furan rings is 1. The fraction of sp³-hybridized carbons (Fsp3) is 0.0588. The van der Waals surface area contributed by atoms with E-state index in [9.17, 15) is 0 Å². The van der Waals surface area contributed by atoms with Gasteiger partial charge in [0, 0.05) is 33.0 Å². The molecule has 4 nitrogen and oxygen atoms in total. The molecule has 0 spiro atoms. The Labute approximate surface area is 318 Å². The van der Waals surface area contributed by atoms with Crippen molar-refractivity contribution >= 4 is 38.3 Å². The highest BCUT2D eigenvalue weighted by molar-refractivity contribution is 6.07. The first kappa shape index (κ1) is 31.5. The highest BCUT2D eigenvalue weighted by Gasteiger charge is 2.44. The van der Waals surface area contributed by atoms with Crippen LogP contribution in [0.3, 0.4) is 0 Å². The molecule has 0 saturated carbocycles. The average molecular weight is 707 g/mol. The van der Waals surface area contributed by atoms with Crippen LogP contribution in [0.4, 0.5) is 0 Å². The molecule has 2 atom stereocenters. The van der Waals surface area contributed by atoms with Crippen LogP contribution in [-0.4, -0.2) is 16.1 Å². The van der Waals surface area contributed by atoms with E-state index in [2.05, 4.69) is 165 Å². The van der Waals surface area contributed by atoms with E-state index in [4.69, 9.17) is 19.1 Å². The molecule has 7 aromatic carbocycles. The van der Waals surface area contributed by atoms with Crippen molar-refractivity contribution in [3.05, 3.63) is 193 Å². The van der Waals surface area contributed by atoms with E-state index in [1.54, 1.807) is 0 Å². The molecule has 4 heteroatoms. The lowest BCUT2D eigenvalue weighted by molar-refractivity contribution is 0.228. The average Bonchev–Trinajstić information content (AvgIpc) is 3.77. The summed E-state index contributed by atoms with van der Waals surface area (Å²) in [5.41, 5.74) is 11.9. The van der Waals surface area contributed by atoms with Gasteiger partial charge in [-0.3, -0.25) is 0 Å². The minimum atomic E-state index is -0.288. The number of rotatable bonds is 5. The van der Waals surface area contributed by atoms with E-state index in [-0.39, 0.29) is 11.5 Å². The van der Waals surface area contributed by atoms with Gasteiger partial charge in [-0.05, 0) is 82.4 Å². The van der Waals surface area contributed by atoms with Crippen LogP contribution in [0, 0.1) is 0 Å². The summed E-state index contributed by atoms with van der Waals surface area (Å²) in [6.07, 6.45) is 6.74. The lowest BCUT2D eigenvalue weighted by Gasteiger charge is -2.29. The molecule has 2 aromatic heterocycles. The van der Waals surface area contributed by atoms with E-state index in [1.807, 2.05) is 24.3 Å². The molecule has 0 bridgehead atoms. The molecule has 0 radical (unpaired) electrons. The maximum atomic E-state index is 6.41. The van der Waals surface area contributed by atoms with Gasteiger partial charge in [0.2, 0.25) is 0 Å². The first-order chi connectivity index (χ1) is 27.1. The molecule has 0 fully saturated rings. The standard InChI is InChI=1S/C51H34N2O2/c1-51-31-36(24-27-49(51)55-48-21-10-8-19-43(48)51)34-22-25-38(35-23-26-47-42(29-35)39-17-7-9-20-46(39)54-47)41(28-34)45-30-44(33-13-3-2-4-14-33)52-50(53-45)40-18-11-15-32-12-5-6-16-37(32)40/h2-31,49H,1H3. The third-order valence-corrected chi connectivity index (χ3v) is 11.4. The number of ether oxygens (including phenoxy) is 1. The summed E-state index contributed by atoms with van der Waals surface area (Å²) in [5, 5.41) is 4.46. The number of allylic oxidation sites excluding steroid dienone is 2. The van der Waals surface area contributed by atoms with Crippen molar-refractivity contribution in [2.45, 2.75) is 18.4 Å². The van der Waals surface area contributed by atoms with Crippen molar-refractivity contribution < 1.29 is 9.15 Å². The summed E-state index contributed by atoms with van der Waals surface area (Å²) < 4.78 is 12.7. The highest BCUT2D eigenvalue weighted by atomic mass is 16.5. The van der Waals surface area contributed by atoms with Gasteiger partial charge in [-0.1, -0.05) is 140 Å². The van der Waals surface area contributed by atoms with Crippen LogP contribution >= 0.6 is 0 Å². The van der Waals surface area contributed by atoms with Crippen molar-refractivity contribution in [3.8, 4) is 50.8 Å². The zero-order chi connectivity index (χ0) is 36.5. The number of nitrogens with zero attached hydrogens (tertiary/aromatic N) is 2. The second-order valence-corrected chi connectivity index (χ2v) is 14.7. The Kier molecular flexibility index (Phi) is 7.02. The Bertz CT molecular complexity index is 3040. The summed E-state index contributed by atoms with van der Waals surface area (Å²) in [7, 11) is 0. The van der Waals surface area contributed by atoms with Crippen molar-refractivity contribution in [1.29, 1.82) is 0 Å². The predicted molar refractivity (Wildman–Crippen MR) is 224 cm³/mol. The summed E-state index contributed by atoms with van der Waals surface area (Å²) in [4.78, 5) is 10.7. The fourth-order valence-electron chi connectivity index (χ4n) is 8.53. The quantitative estimate of drug-likeness (QED) is 0.179. The van der Waals surface area contributed by atoms with E-state index >= 15 is 0 Å². The molecule has 1 aliphatic heterocycles. The van der Waals surface area contributed by atoms with Gasteiger partial charge in [-0.15, -0.1) is 0 Å². The molecule has 55 heavy (non-hydrogen) atoms. The van der Waals surface area contributed by atoms with Gasteiger partial charge in [-0.2, -0.15) is 0 Å². The lowest BCUT2D eigenvalue weighted by atomic mass is 9.74. The number of benzene rings is 7. The maximum absolute atomic E-state index is 6.41. The molecular formula is C51H34N2O2. The number of aromatic nitrogens is 2. The van der Waals surface area contributed by atoms with Gasteiger partial charge < -0.3 is 9.15 Å². The zero-order valence-electron chi connectivity index (χ0n) is 30.1. The number of fused-ring (bicyclic) bond motifs is 7. The zero-order valence-corrected chi connectivity index (χ0v) is 30.1. The SMILES string of the molecule is CC12C=C(c3ccc(-c4ccc5oc6ccccc6c5c4)c(-c4cc(-c5ccccc5)nc(-c5cccc6ccccc56)n4)c3)C=CC1Oc1ccccc12. The van der Waals surface area contributed by atoms with Crippen molar-refractivity contribution in [2.75, 3.05) is 0 Å². The van der Waals surface area contributed by atoms with E-state index < -0.39 is 0 Å². The number of hydrogen-bond acceptors (Lipinski definition) is 4. The molecule has 2 unspecified atom stereocenters. The molecule has 3 heterocycles. The third-order valence-electron chi connectivity index (χ3n) is 11.4. The largest absolute Gasteiger partial charge is 0.485 e. The van der Waals surface area contributed by atoms with Gasteiger partial charge in [0.15, 0.2) is 5.82 Å². The molecule has 9 aromatic rings. The first-order valence-electron chi connectivity index (χ1n) is 18.8. The van der Waals surface area contributed by atoms with Crippen LogP contribution < -0.4 is 4.74 Å². The number of para-hydroxylation sites is 2. The highest BCUT2D eigenvalue weighted by Crippen LogP contribution is 2.48. The van der Waals surface area contributed by atoms with E-state index in [0.717, 1.165) is 88.8 Å². The first-order valence-corrected chi connectivity index (χ1v) is 18.8. The third kappa shape index (κ3) is 5.14. The minimum absolute atomic E-state index is 0.0533. The van der Waals surface area contributed by atoms with Crippen LogP contribution in [-0.2, 0) is 5.41 Å². The Balaban J connectivity index is 1.15. The Morgan fingerprint density at radius 2 is 1.27 bits per heavy atom.